The van der Waals surface area contributed by atoms with Crippen molar-refractivity contribution in [2.45, 2.75) is 11.8 Å². The summed E-state index contributed by atoms with van der Waals surface area (Å²) >= 11 is 0. The first-order valence-electron chi connectivity index (χ1n) is 8.08. The van der Waals surface area contributed by atoms with Crippen LogP contribution in [0, 0.1) is 5.82 Å². The van der Waals surface area contributed by atoms with Gasteiger partial charge < -0.3 is 9.42 Å². The molecule has 3 aromatic rings. The molecule has 0 aliphatic carbocycles. The van der Waals surface area contributed by atoms with Crippen LogP contribution in [0.3, 0.4) is 0 Å². The van der Waals surface area contributed by atoms with E-state index in [1.54, 1.807) is 4.90 Å². The van der Waals surface area contributed by atoms with Gasteiger partial charge >= 0.3 is 0 Å². The van der Waals surface area contributed by atoms with Crippen molar-refractivity contribution in [1.29, 1.82) is 0 Å². The minimum absolute atomic E-state index is 0.0365. The Morgan fingerprint density at radius 3 is 2.44 bits per heavy atom. The van der Waals surface area contributed by atoms with Crippen LogP contribution in [0.1, 0.15) is 33.6 Å². The average Bonchev–Trinajstić information content (AvgIpc) is 3.32. The summed E-state index contributed by atoms with van der Waals surface area (Å²) in [5, 5.41) is 3.98. The van der Waals surface area contributed by atoms with Crippen molar-refractivity contribution in [2.75, 3.05) is 13.1 Å². The van der Waals surface area contributed by atoms with Crippen LogP contribution in [0.2, 0.25) is 0 Å². The zero-order valence-electron chi connectivity index (χ0n) is 13.4. The zero-order valence-corrected chi connectivity index (χ0v) is 13.4. The van der Waals surface area contributed by atoms with Crippen LogP contribution in [-0.4, -0.2) is 34.0 Å². The third-order valence-electron chi connectivity index (χ3n) is 4.64. The Labute approximate surface area is 144 Å². The Morgan fingerprint density at radius 2 is 1.76 bits per heavy atom. The van der Waals surface area contributed by atoms with Gasteiger partial charge in [-0.25, -0.2) is 4.39 Å². The van der Waals surface area contributed by atoms with Crippen LogP contribution in [-0.2, 0) is 0 Å². The number of benzene rings is 2. The quantitative estimate of drug-likeness (QED) is 0.736. The van der Waals surface area contributed by atoms with Crippen LogP contribution in [0.5, 0.6) is 0 Å². The number of hydrogen-bond acceptors (Lipinski definition) is 4. The normalized spacial score (nSPS) is 20.0. The molecule has 1 aliphatic heterocycles. The van der Waals surface area contributed by atoms with Gasteiger partial charge in [-0.2, -0.15) is 4.98 Å². The number of carbonyl (C=O) groups excluding carboxylic acids is 1. The van der Waals surface area contributed by atoms with Gasteiger partial charge in [0, 0.05) is 30.5 Å². The summed E-state index contributed by atoms with van der Waals surface area (Å²) in [5.74, 6) is 0.175. The van der Waals surface area contributed by atoms with E-state index in [0.717, 1.165) is 5.56 Å². The van der Waals surface area contributed by atoms with E-state index in [2.05, 4.69) is 10.1 Å². The zero-order chi connectivity index (χ0) is 17.2. The largest absolute Gasteiger partial charge is 0.343 e. The highest BCUT2D eigenvalue weighted by molar-refractivity contribution is 5.94. The van der Waals surface area contributed by atoms with Gasteiger partial charge in [-0.05, 0) is 29.8 Å². The second-order valence-electron chi connectivity index (χ2n) is 6.13. The lowest BCUT2D eigenvalue weighted by Crippen LogP contribution is -2.28. The molecule has 0 radical (unpaired) electrons. The molecule has 4 rings (SSSR count). The van der Waals surface area contributed by atoms with Gasteiger partial charge in [-0.1, -0.05) is 35.5 Å². The molecule has 126 valence electrons. The number of aromatic nitrogens is 2. The molecule has 2 heterocycles. The van der Waals surface area contributed by atoms with E-state index >= 15 is 0 Å². The number of halogens is 1. The van der Waals surface area contributed by atoms with Gasteiger partial charge in [0.2, 0.25) is 6.39 Å². The number of hydrogen-bond donors (Lipinski definition) is 0. The van der Waals surface area contributed by atoms with Gasteiger partial charge in [0.1, 0.15) is 5.82 Å². The molecule has 0 spiro atoms. The van der Waals surface area contributed by atoms with Crippen molar-refractivity contribution in [3.63, 3.8) is 0 Å². The fourth-order valence-corrected chi connectivity index (χ4v) is 3.39. The van der Waals surface area contributed by atoms with Crippen LogP contribution in [0.25, 0.3) is 0 Å². The van der Waals surface area contributed by atoms with Gasteiger partial charge in [-0.3, -0.25) is 4.79 Å². The lowest BCUT2D eigenvalue weighted by atomic mass is 9.88. The lowest BCUT2D eigenvalue weighted by Gasteiger charge is -2.16. The Hall–Kier alpha value is -3.02. The molecule has 1 amide bonds. The van der Waals surface area contributed by atoms with Crippen molar-refractivity contribution < 1.29 is 13.7 Å². The molecule has 0 saturated carbocycles. The van der Waals surface area contributed by atoms with E-state index in [-0.39, 0.29) is 23.6 Å². The summed E-state index contributed by atoms with van der Waals surface area (Å²) < 4.78 is 18.0. The van der Waals surface area contributed by atoms with Gasteiger partial charge in [0.05, 0.1) is 0 Å². The maximum absolute atomic E-state index is 13.1. The molecule has 2 atom stereocenters. The summed E-state index contributed by atoms with van der Waals surface area (Å²) in [6, 6.07) is 15.6. The van der Waals surface area contributed by atoms with Crippen molar-refractivity contribution in [1.82, 2.24) is 15.0 Å². The SMILES string of the molecule is O=C(c1ccc(F)cc1)N1CC(c2ccccc2)C(c2ncon2)C1. The molecule has 1 aromatic heterocycles. The average molecular weight is 337 g/mol. The molecule has 2 unspecified atom stereocenters. The molecular formula is C19H16FN3O2. The first kappa shape index (κ1) is 15.5. The topological polar surface area (TPSA) is 59.2 Å². The summed E-state index contributed by atoms with van der Waals surface area (Å²) in [6.45, 7) is 1.05. The first-order valence-corrected chi connectivity index (χ1v) is 8.08. The maximum atomic E-state index is 13.1. The fourth-order valence-electron chi connectivity index (χ4n) is 3.39. The Bertz CT molecular complexity index is 850. The molecule has 1 saturated heterocycles. The van der Waals surface area contributed by atoms with Gasteiger partial charge in [-0.15, -0.1) is 0 Å². The van der Waals surface area contributed by atoms with Gasteiger partial charge in [0.15, 0.2) is 5.82 Å². The van der Waals surface area contributed by atoms with Crippen molar-refractivity contribution in [2.24, 2.45) is 0 Å². The molecule has 1 aliphatic rings. The highest BCUT2D eigenvalue weighted by atomic mass is 19.1. The smallest absolute Gasteiger partial charge is 0.253 e. The third-order valence-corrected chi connectivity index (χ3v) is 4.64. The molecular weight excluding hydrogens is 321 g/mol. The first-order chi connectivity index (χ1) is 12.2. The fraction of sp³-hybridized carbons (Fsp3) is 0.211. The lowest BCUT2D eigenvalue weighted by molar-refractivity contribution is 0.0788. The van der Waals surface area contributed by atoms with Gasteiger partial charge in [0.25, 0.3) is 5.91 Å². The second kappa shape index (κ2) is 6.47. The number of carbonyl (C=O) groups is 1. The van der Waals surface area contributed by atoms with E-state index in [9.17, 15) is 9.18 Å². The Kier molecular flexibility index (Phi) is 4.01. The van der Waals surface area contributed by atoms with Crippen LogP contribution >= 0.6 is 0 Å². The monoisotopic (exact) mass is 337 g/mol. The molecule has 25 heavy (non-hydrogen) atoms. The summed E-state index contributed by atoms with van der Waals surface area (Å²) in [7, 11) is 0. The standard InChI is InChI=1S/C19H16FN3O2/c20-15-8-6-14(7-9-15)19(24)23-10-16(13-4-2-1-3-5-13)17(11-23)18-21-12-25-22-18/h1-9,12,16-17H,10-11H2. The maximum Gasteiger partial charge on any atom is 0.253 e. The Morgan fingerprint density at radius 1 is 1.04 bits per heavy atom. The van der Waals surface area contributed by atoms with E-state index in [0.29, 0.717) is 24.5 Å². The minimum Gasteiger partial charge on any atom is -0.343 e. The minimum atomic E-state index is -0.357. The van der Waals surface area contributed by atoms with Crippen LogP contribution < -0.4 is 0 Å². The summed E-state index contributed by atoms with van der Waals surface area (Å²) in [5.41, 5.74) is 1.61. The van der Waals surface area contributed by atoms with E-state index in [4.69, 9.17) is 4.52 Å². The summed E-state index contributed by atoms with van der Waals surface area (Å²) in [4.78, 5) is 18.7. The molecule has 2 aromatic carbocycles. The molecule has 1 fully saturated rings. The van der Waals surface area contributed by atoms with E-state index in [1.165, 1.54) is 30.7 Å². The number of nitrogens with zero attached hydrogens (tertiary/aromatic N) is 3. The van der Waals surface area contributed by atoms with Crippen LogP contribution in [0.15, 0.2) is 65.5 Å². The molecule has 0 N–H and O–H groups in total. The van der Waals surface area contributed by atoms with Crippen molar-refractivity contribution in [3.05, 3.63) is 83.8 Å². The Balaban J connectivity index is 1.63. The molecule has 6 heteroatoms. The predicted molar refractivity (Wildman–Crippen MR) is 88.5 cm³/mol. The third kappa shape index (κ3) is 3.03. The number of likely N-dealkylation sites (tertiary alicyclic amines) is 1. The van der Waals surface area contributed by atoms with Crippen molar-refractivity contribution >= 4 is 5.91 Å². The molecule has 5 nitrogen and oxygen atoms in total. The van der Waals surface area contributed by atoms with Crippen LogP contribution in [0.4, 0.5) is 4.39 Å². The molecule has 0 bridgehead atoms. The predicted octanol–water partition coefficient (Wildman–Crippen LogP) is 3.23. The number of amides is 1. The number of rotatable bonds is 3. The van der Waals surface area contributed by atoms with Crippen molar-refractivity contribution in [3.8, 4) is 0 Å². The second-order valence-corrected chi connectivity index (χ2v) is 6.13. The highest BCUT2D eigenvalue weighted by Gasteiger charge is 2.39. The van der Waals surface area contributed by atoms with E-state index in [1.807, 2.05) is 30.3 Å². The summed E-state index contributed by atoms with van der Waals surface area (Å²) in [6.07, 6.45) is 1.31. The van der Waals surface area contributed by atoms with E-state index < -0.39 is 0 Å². The highest BCUT2D eigenvalue weighted by Crippen LogP contribution is 2.38.